The highest BCUT2D eigenvalue weighted by Gasteiger charge is 2.16. The van der Waals surface area contributed by atoms with Crippen LogP contribution in [-0.2, 0) is 6.42 Å². The quantitative estimate of drug-likeness (QED) is 0.784. The van der Waals surface area contributed by atoms with Crippen LogP contribution in [0.15, 0.2) is 39.3 Å². The molecule has 0 saturated carbocycles. The van der Waals surface area contributed by atoms with Gasteiger partial charge in [-0.2, -0.15) is 0 Å². The van der Waals surface area contributed by atoms with Gasteiger partial charge in [0.15, 0.2) is 5.76 Å². The van der Waals surface area contributed by atoms with E-state index in [9.17, 15) is 13.6 Å². The summed E-state index contributed by atoms with van der Waals surface area (Å²) in [5.74, 6) is -0.826. The molecule has 0 aliphatic heterocycles. The minimum Gasteiger partial charge on any atom is -0.456 e. The van der Waals surface area contributed by atoms with Crippen molar-refractivity contribution in [2.45, 2.75) is 20.3 Å². The lowest BCUT2D eigenvalue weighted by molar-refractivity contribution is 0.0994. The number of hydrogen-bond donors (Lipinski definition) is 1. The number of halogens is 2. The molecule has 2 aromatic heterocycles. The van der Waals surface area contributed by atoms with Crippen molar-refractivity contribution in [2.24, 2.45) is 0 Å². The Morgan fingerprint density at radius 2 is 2.00 bits per heavy atom. The Morgan fingerprint density at radius 3 is 2.71 bits per heavy atom. The van der Waals surface area contributed by atoms with Crippen molar-refractivity contribution >= 4 is 11.6 Å². The van der Waals surface area contributed by atoms with Gasteiger partial charge in [-0.25, -0.2) is 8.78 Å². The van der Waals surface area contributed by atoms with Crippen molar-refractivity contribution < 1.29 is 22.5 Å². The molecule has 0 aliphatic carbocycles. The second kappa shape index (κ2) is 6.27. The van der Waals surface area contributed by atoms with Gasteiger partial charge < -0.3 is 14.3 Å². The van der Waals surface area contributed by atoms with Crippen molar-refractivity contribution in [3.05, 3.63) is 70.5 Å². The summed E-state index contributed by atoms with van der Waals surface area (Å²) in [6.07, 6.45) is 0.419. The first-order valence-electron chi connectivity index (χ1n) is 7.21. The molecule has 0 aliphatic rings. The first-order chi connectivity index (χ1) is 11.4. The maximum atomic E-state index is 13.6. The number of aryl methyl sites for hydroxylation is 2. The van der Waals surface area contributed by atoms with Gasteiger partial charge in [-0.3, -0.25) is 4.79 Å². The van der Waals surface area contributed by atoms with E-state index >= 15 is 0 Å². The van der Waals surface area contributed by atoms with Gasteiger partial charge in [0.1, 0.15) is 23.2 Å². The summed E-state index contributed by atoms with van der Waals surface area (Å²) in [5.41, 5.74) is 1.38. The molecule has 0 spiro atoms. The minimum atomic E-state index is -0.729. The highest BCUT2D eigenvalue weighted by molar-refractivity contribution is 6.02. The van der Waals surface area contributed by atoms with E-state index in [1.807, 2.05) is 6.92 Å². The molecule has 124 valence electrons. The number of carbonyl (C=O) groups is 1. The van der Waals surface area contributed by atoms with E-state index < -0.39 is 17.5 Å². The molecule has 0 fully saturated rings. The molecule has 7 heteroatoms. The van der Waals surface area contributed by atoms with Crippen molar-refractivity contribution in [1.29, 1.82) is 0 Å². The fourth-order valence-electron chi connectivity index (χ4n) is 2.30. The van der Waals surface area contributed by atoms with Gasteiger partial charge in [-0.05, 0) is 38.1 Å². The molecular formula is C17H14F2N2O3. The molecule has 0 bridgehead atoms. The molecule has 0 radical (unpaired) electrons. The summed E-state index contributed by atoms with van der Waals surface area (Å²) in [6.45, 7) is 3.60. The molecule has 2 heterocycles. The highest BCUT2D eigenvalue weighted by atomic mass is 19.1. The largest absolute Gasteiger partial charge is 0.456 e. The number of nitrogens with one attached hydrogen (secondary N) is 1. The number of furan rings is 1. The second-order valence-electron chi connectivity index (χ2n) is 5.32. The second-order valence-corrected chi connectivity index (χ2v) is 5.32. The normalized spacial score (nSPS) is 10.8. The van der Waals surface area contributed by atoms with Gasteiger partial charge in [0.25, 0.3) is 5.91 Å². The molecule has 0 saturated heterocycles. The van der Waals surface area contributed by atoms with Crippen LogP contribution in [-0.4, -0.2) is 11.1 Å². The Labute approximate surface area is 136 Å². The van der Waals surface area contributed by atoms with Gasteiger partial charge >= 0.3 is 0 Å². The lowest BCUT2D eigenvalue weighted by Crippen LogP contribution is -2.12. The van der Waals surface area contributed by atoms with E-state index in [0.717, 1.165) is 29.5 Å². The topological polar surface area (TPSA) is 68.3 Å². The molecule has 0 unspecified atom stereocenters. The number of nitrogens with zero attached hydrogens (tertiary/aromatic N) is 1. The molecule has 3 rings (SSSR count). The smallest absolute Gasteiger partial charge is 0.291 e. The minimum absolute atomic E-state index is 0.000390. The van der Waals surface area contributed by atoms with E-state index in [0.29, 0.717) is 17.9 Å². The van der Waals surface area contributed by atoms with Crippen molar-refractivity contribution in [3.63, 3.8) is 0 Å². The Kier molecular flexibility index (Phi) is 4.16. The summed E-state index contributed by atoms with van der Waals surface area (Å²) in [6, 6.07) is 5.93. The zero-order chi connectivity index (χ0) is 17.3. The Hall–Kier alpha value is -2.96. The number of aromatic nitrogens is 1. The van der Waals surface area contributed by atoms with Crippen LogP contribution in [0.3, 0.4) is 0 Å². The van der Waals surface area contributed by atoms with Crippen molar-refractivity contribution in [3.8, 4) is 0 Å². The first kappa shape index (κ1) is 15.9. The average molecular weight is 332 g/mol. The SMILES string of the molecule is Cc1noc(C)c1Cc1ccc(C(=O)Nc2cc(F)ccc2F)o1. The van der Waals surface area contributed by atoms with Crippen LogP contribution in [0, 0.1) is 25.5 Å². The van der Waals surface area contributed by atoms with Gasteiger partial charge in [0.05, 0.1) is 11.4 Å². The van der Waals surface area contributed by atoms with Crippen LogP contribution >= 0.6 is 0 Å². The first-order valence-corrected chi connectivity index (χ1v) is 7.21. The van der Waals surface area contributed by atoms with Gasteiger partial charge in [0, 0.05) is 18.1 Å². The predicted octanol–water partition coefficient (Wildman–Crippen LogP) is 4.01. The highest BCUT2D eigenvalue weighted by Crippen LogP contribution is 2.21. The third-order valence-electron chi connectivity index (χ3n) is 3.59. The fourth-order valence-corrected chi connectivity index (χ4v) is 2.30. The molecule has 5 nitrogen and oxygen atoms in total. The van der Waals surface area contributed by atoms with E-state index in [-0.39, 0.29) is 11.4 Å². The van der Waals surface area contributed by atoms with E-state index in [2.05, 4.69) is 10.5 Å². The van der Waals surface area contributed by atoms with Crippen LogP contribution in [0.2, 0.25) is 0 Å². The van der Waals surface area contributed by atoms with Crippen LogP contribution in [0.4, 0.5) is 14.5 Å². The number of carbonyl (C=O) groups excluding carboxylic acids is 1. The number of benzene rings is 1. The summed E-state index contributed by atoms with van der Waals surface area (Å²) < 4.78 is 37.2. The maximum Gasteiger partial charge on any atom is 0.291 e. The van der Waals surface area contributed by atoms with Gasteiger partial charge in [-0.1, -0.05) is 5.16 Å². The Balaban J connectivity index is 1.75. The fraction of sp³-hybridized carbons (Fsp3) is 0.176. The molecule has 1 aromatic carbocycles. The number of hydrogen-bond acceptors (Lipinski definition) is 4. The summed E-state index contributed by atoms with van der Waals surface area (Å²) in [5, 5.41) is 6.14. The van der Waals surface area contributed by atoms with E-state index in [1.165, 1.54) is 6.07 Å². The van der Waals surface area contributed by atoms with Crippen molar-refractivity contribution in [1.82, 2.24) is 5.16 Å². The molecule has 3 aromatic rings. The maximum absolute atomic E-state index is 13.6. The van der Waals surface area contributed by atoms with Gasteiger partial charge in [-0.15, -0.1) is 0 Å². The predicted molar refractivity (Wildman–Crippen MR) is 81.8 cm³/mol. The van der Waals surface area contributed by atoms with Crippen molar-refractivity contribution in [2.75, 3.05) is 5.32 Å². The zero-order valence-corrected chi connectivity index (χ0v) is 13.0. The molecule has 0 atom stereocenters. The molecule has 1 amide bonds. The van der Waals surface area contributed by atoms with Crippen LogP contribution < -0.4 is 5.32 Å². The Morgan fingerprint density at radius 1 is 1.21 bits per heavy atom. The number of rotatable bonds is 4. The van der Waals surface area contributed by atoms with E-state index in [4.69, 9.17) is 8.94 Å². The summed E-state index contributed by atoms with van der Waals surface area (Å²) in [4.78, 5) is 12.1. The lowest BCUT2D eigenvalue weighted by Gasteiger charge is -2.04. The zero-order valence-electron chi connectivity index (χ0n) is 13.0. The molecular weight excluding hydrogens is 318 g/mol. The lowest BCUT2D eigenvalue weighted by atomic mass is 10.1. The molecule has 1 N–H and O–H groups in total. The van der Waals surface area contributed by atoms with Crippen LogP contribution in [0.5, 0.6) is 0 Å². The van der Waals surface area contributed by atoms with Gasteiger partial charge in [0.2, 0.25) is 0 Å². The van der Waals surface area contributed by atoms with Crippen LogP contribution in [0.1, 0.15) is 33.3 Å². The van der Waals surface area contributed by atoms with Crippen LogP contribution in [0.25, 0.3) is 0 Å². The number of anilines is 1. The average Bonchev–Trinajstić information content (AvgIpc) is 3.13. The monoisotopic (exact) mass is 332 g/mol. The summed E-state index contributed by atoms with van der Waals surface area (Å²) >= 11 is 0. The third-order valence-corrected chi connectivity index (χ3v) is 3.59. The Bertz CT molecular complexity index is 880. The summed E-state index contributed by atoms with van der Waals surface area (Å²) in [7, 11) is 0. The third kappa shape index (κ3) is 3.19. The standard InChI is InChI=1S/C17H14F2N2O3/c1-9-13(10(2)24-21-9)8-12-4-6-16(23-12)17(22)20-15-7-11(18)3-5-14(15)19/h3-7H,8H2,1-2H3,(H,20,22). The molecule has 24 heavy (non-hydrogen) atoms. The number of amides is 1. The van der Waals surface area contributed by atoms with E-state index in [1.54, 1.807) is 13.0 Å².